The molecule has 106 valence electrons. The van der Waals surface area contributed by atoms with Gasteiger partial charge in [0.15, 0.2) is 0 Å². The molecule has 0 aliphatic carbocycles. The lowest BCUT2D eigenvalue weighted by atomic mass is 10.2. The average Bonchev–Trinajstić information content (AvgIpc) is 2.66. The predicted octanol–water partition coefficient (Wildman–Crippen LogP) is 1.67. The molecule has 9 nitrogen and oxygen atoms in total. The number of hydrogen-bond donors (Lipinski definition) is 3. The maximum absolute atomic E-state index is 11.3. The van der Waals surface area contributed by atoms with Crippen LogP contribution in [-0.2, 0) is 10.1 Å². The molecule has 0 aliphatic heterocycles. The smallest absolute Gasteiger partial charge is 0.353 e. The van der Waals surface area contributed by atoms with E-state index in [1.165, 1.54) is 0 Å². The van der Waals surface area contributed by atoms with Crippen molar-refractivity contribution in [2.24, 2.45) is 0 Å². The van der Waals surface area contributed by atoms with E-state index in [1.807, 2.05) is 0 Å². The molecule has 2 rings (SSSR count). The van der Waals surface area contributed by atoms with Crippen LogP contribution in [0.25, 0.3) is 10.9 Å². The molecular formula is C9H5ClN2O7S. The molecule has 0 radical (unpaired) electrons. The number of hydrogen-bond acceptors (Lipinski definition) is 5. The van der Waals surface area contributed by atoms with Gasteiger partial charge in [-0.05, 0) is 6.07 Å². The van der Waals surface area contributed by atoms with Crippen LogP contribution in [0.4, 0.5) is 5.69 Å². The van der Waals surface area contributed by atoms with Gasteiger partial charge in [0, 0.05) is 16.5 Å². The van der Waals surface area contributed by atoms with E-state index in [9.17, 15) is 23.3 Å². The number of carboxylic acid groups (broad SMARTS) is 1. The number of rotatable bonds is 3. The minimum absolute atomic E-state index is 0.176. The Morgan fingerprint density at radius 3 is 2.45 bits per heavy atom. The normalized spacial score (nSPS) is 11.7. The Balaban J connectivity index is 3.08. The van der Waals surface area contributed by atoms with E-state index in [1.54, 1.807) is 0 Å². The zero-order valence-electron chi connectivity index (χ0n) is 9.32. The summed E-state index contributed by atoms with van der Waals surface area (Å²) in [5, 5.41) is 19.2. The third-order valence-corrected chi connectivity index (χ3v) is 3.63. The Hall–Kier alpha value is -2.17. The molecule has 0 aliphatic rings. The van der Waals surface area contributed by atoms with Crippen LogP contribution in [0.5, 0.6) is 0 Å². The fourth-order valence-electron chi connectivity index (χ4n) is 1.78. The van der Waals surface area contributed by atoms with Crippen LogP contribution >= 0.6 is 11.6 Å². The molecule has 2 aromatic rings. The van der Waals surface area contributed by atoms with E-state index in [-0.39, 0.29) is 15.9 Å². The zero-order chi connectivity index (χ0) is 15.2. The van der Waals surface area contributed by atoms with Crippen molar-refractivity contribution in [3.8, 4) is 0 Å². The highest BCUT2D eigenvalue weighted by Crippen LogP contribution is 2.35. The highest BCUT2D eigenvalue weighted by Gasteiger charge is 2.30. The Morgan fingerprint density at radius 2 is 2.00 bits per heavy atom. The van der Waals surface area contributed by atoms with Gasteiger partial charge >= 0.3 is 5.97 Å². The maximum atomic E-state index is 11.3. The lowest BCUT2D eigenvalue weighted by molar-refractivity contribution is -0.383. The molecule has 1 aromatic carbocycles. The molecule has 11 heteroatoms. The quantitative estimate of drug-likeness (QED) is 0.442. The first-order chi connectivity index (χ1) is 9.12. The minimum Gasteiger partial charge on any atom is -0.477 e. The first-order valence-electron chi connectivity index (χ1n) is 4.83. The minimum atomic E-state index is -4.91. The van der Waals surface area contributed by atoms with E-state index in [4.69, 9.17) is 21.3 Å². The second-order valence-electron chi connectivity index (χ2n) is 3.71. The molecule has 0 saturated carbocycles. The standard InChI is InChI=1S/C9H5ClN2O7S/c10-3-1-4-6(5(2-3)12(15)16)11-7(9(13)14)8(4)20(17,18)19/h1-2,11H,(H,13,14)(H,17,18,19). The summed E-state index contributed by atoms with van der Waals surface area (Å²) in [5.74, 6) is -1.70. The first-order valence-corrected chi connectivity index (χ1v) is 6.65. The van der Waals surface area contributed by atoms with Gasteiger partial charge in [0.25, 0.3) is 15.8 Å². The zero-order valence-corrected chi connectivity index (χ0v) is 10.9. The van der Waals surface area contributed by atoms with Gasteiger partial charge in [-0.1, -0.05) is 11.6 Å². The van der Waals surface area contributed by atoms with Crippen LogP contribution < -0.4 is 0 Å². The average molecular weight is 321 g/mol. The van der Waals surface area contributed by atoms with E-state index in [0.717, 1.165) is 12.1 Å². The number of aromatic carboxylic acids is 1. The topological polar surface area (TPSA) is 151 Å². The molecule has 3 N–H and O–H groups in total. The van der Waals surface area contributed by atoms with E-state index < -0.39 is 37.3 Å². The number of fused-ring (bicyclic) bond motifs is 1. The highest BCUT2D eigenvalue weighted by atomic mass is 35.5. The summed E-state index contributed by atoms with van der Waals surface area (Å²) in [4.78, 5) is 22.2. The van der Waals surface area contributed by atoms with Gasteiger partial charge in [-0.15, -0.1) is 0 Å². The van der Waals surface area contributed by atoms with E-state index in [0.29, 0.717) is 0 Å². The SMILES string of the molecule is O=C(O)c1[nH]c2c([N+](=O)[O-])cc(Cl)cc2c1S(=O)(=O)O. The summed E-state index contributed by atoms with van der Waals surface area (Å²) in [6.07, 6.45) is 0. The summed E-state index contributed by atoms with van der Waals surface area (Å²) in [5.41, 5.74) is -1.85. The lowest BCUT2D eigenvalue weighted by Crippen LogP contribution is -2.06. The van der Waals surface area contributed by atoms with Gasteiger partial charge in [0.2, 0.25) is 0 Å². The Bertz CT molecular complexity index is 855. The van der Waals surface area contributed by atoms with Crippen LogP contribution in [0.1, 0.15) is 10.5 Å². The maximum Gasteiger partial charge on any atom is 0.353 e. The van der Waals surface area contributed by atoms with Crippen molar-refractivity contribution in [2.75, 3.05) is 0 Å². The van der Waals surface area contributed by atoms with Crippen LogP contribution in [0.3, 0.4) is 0 Å². The Labute approximate surface area is 115 Å². The third kappa shape index (κ3) is 2.19. The summed E-state index contributed by atoms with van der Waals surface area (Å²) < 4.78 is 31.7. The fraction of sp³-hybridized carbons (Fsp3) is 0. The molecule has 0 unspecified atom stereocenters. The molecule has 0 spiro atoms. The Morgan fingerprint density at radius 1 is 1.40 bits per heavy atom. The van der Waals surface area contributed by atoms with Gasteiger partial charge in [-0.25, -0.2) is 4.79 Å². The molecule has 0 amide bonds. The number of nitrogens with zero attached hydrogens (tertiary/aromatic N) is 1. The Kier molecular flexibility index (Phi) is 3.16. The number of halogens is 1. The summed E-state index contributed by atoms with van der Waals surface area (Å²) in [7, 11) is -4.91. The summed E-state index contributed by atoms with van der Waals surface area (Å²) >= 11 is 5.64. The van der Waals surface area contributed by atoms with Crippen LogP contribution in [0.2, 0.25) is 5.02 Å². The molecule has 0 fully saturated rings. The molecule has 20 heavy (non-hydrogen) atoms. The number of carbonyl (C=O) groups is 1. The lowest BCUT2D eigenvalue weighted by Gasteiger charge is -1.98. The number of nitro groups is 1. The van der Waals surface area contributed by atoms with Crippen molar-refractivity contribution in [1.29, 1.82) is 0 Å². The molecule has 0 atom stereocenters. The number of non-ortho nitro benzene ring substituents is 1. The van der Waals surface area contributed by atoms with Gasteiger partial charge < -0.3 is 10.1 Å². The highest BCUT2D eigenvalue weighted by molar-refractivity contribution is 7.86. The van der Waals surface area contributed by atoms with Gasteiger partial charge in [0.05, 0.1) is 4.92 Å². The van der Waals surface area contributed by atoms with Crippen molar-refractivity contribution < 1.29 is 27.8 Å². The predicted molar refractivity (Wildman–Crippen MR) is 66.7 cm³/mol. The fourth-order valence-corrected chi connectivity index (χ4v) is 2.83. The monoisotopic (exact) mass is 320 g/mol. The van der Waals surface area contributed by atoms with Crippen molar-refractivity contribution in [2.45, 2.75) is 4.90 Å². The van der Waals surface area contributed by atoms with Crippen LogP contribution in [0.15, 0.2) is 17.0 Å². The number of H-pyrrole nitrogens is 1. The summed E-state index contributed by atoms with van der Waals surface area (Å²) in [6.45, 7) is 0. The van der Waals surface area contributed by atoms with Gasteiger partial charge in [-0.2, -0.15) is 8.42 Å². The third-order valence-electron chi connectivity index (χ3n) is 2.47. The molecule has 1 aromatic heterocycles. The first kappa shape index (κ1) is 14.2. The van der Waals surface area contributed by atoms with E-state index >= 15 is 0 Å². The van der Waals surface area contributed by atoms with Crippen molar-refractivity contribution in [1.82, 2.24) is 4.98 Å². The number of carboxylic acids is 1. The van der Waals surface area contributed by atoms with Crippen molar-refractivity contribution >= 4 is 44.3 Å². The molecule has 1 heterocycles. The number of benzene rings is 1. The van der Waals surface area contributed by atoms with Gasteiger partial charge in [-0.3, -0.25) is 14.7 Å². The number of nitrogens with one attached hydrogen (secondary N) is 1. The number of aromatic nitrogens is 1. The molecular weight excluding hydrogens is 316 g/mol. The number of aromatic amines is 1. The second-order valence-corrected chi connectivity index (χ2v) is 5.51. The van der Waals surface area contributed by atoms with Crippen LogP contribution in [0, 0.1) is 10.1 Å². The van der Waals surface area contributed by atoms with Crippen molar-refractivity contribution in [3.63, 3.8) is 0 Å². The molecule has 0 bridgehead atoms. The van der Waals surface area contributed by atoms with E-state index in [2.05, 4.69) is 4.98 Å². The number of nitro benzene ring substituents is 1. The second kappa shape index (κ2) is 4.44. The summed E-state index contributed by atoms with van der Waals surface area (Å²) in [6, 6.07) is 1.94. The van der Waals surface area contributed by atoms with Crippen molar-refractivity contribution in [3.05, 3.63) is 33.0 Å². The van der Waals surface area contributed by atoms with Gasteiger partial charge in [0.1, 0.15) is 16.1 Å². The largest absolute Gasteiger partial charge is 0.477 e. The molecule has 0 saturated heterocycles. The van der Waals surface area contributed by atoms with Crippen LogP contribution in [-0.4, -0.2) is 34.0 Å².